The molecule has 1 aliphatic rings. The van der Waals surface area contributed by atoms with E-state index in [0.717, 1.165) is 17.4 Å². The summed E-state index contributed by atoms with van der Waals surface area (Å²) < 4.78 is 18.5. The lowest BCUT2D eigenvalue weighted by atomic mass is 9.93. The molecule has 2 aromatic carbocycles. The molecule has 2 heteroatoms. The summed E-state index contributed by atoms with van der Waals surface area (Å²) in [6, 6.07) is 15.4. The predicted octanol–water partition coefficient (Wildman–Crippen LogP) is 8.14. The van der Waals surface area contributed by atoms with Gasteiger partial charge in [-0.15, -0.1) is 0 Å². The van der Waals surface area contributed by atoms with Crippen molar-refractivity contribution in [3.8, 4) is 0 Å². The first-order valence-corrected chi connectivity index (χ1v) is 10.3. The fraction of sp³-hybridized carbons (Fsp3) is 0.440. The Morgan fingerprint density at radius 2 is 1.67 bits per heavy atom. The highest BCUT2D eigenvalue weighted by Crippen LogP contribution is 2.60. The summed E-state index contributed by atoms with van der Waals surface area (Å²) in [6.07, 6.45) is 6.55. The number of rotatable bonds is 4. The van der Waals surface area contributed by atoms with Crippen molar-refractivity contribution in [1.82, 2.24) is 0 Å². The van der Waals surface area contributed by atoms with Crippen LogP contribution in [0.4, 0.5) is 4.39 Å². The van der Waals surface area contributed by atoms with Crippen LogP contribution < -0.4 is 0 Å². The summed E-state index contributed by atoms with van der Waals surface area (Å²) in [7, 11) is 0. The van der Waals surface area contributed by atoms with Gasteiger partial charge in [-0.1, -0.05) is 71.7 Å². The van der Waals surface area contributed by atoms with Gasteiger partial charge in [0.05, 0.1) is 6.26 Å². The molecule has 4 rings (SSSR count). The fourth-order valence-electron chi connectivity index (χ4n) is 3.38. The Labute approximate surface area is 163 Å². The second-order valence-electron chi connectivity index (χ2n) is 7.43. The maximum atomic E-state index is 13.0. The van der Waals surface area contributed by atoms with Crippen molar-refractivity contribution in [3.63, 3.8) is 0 Å². The number of fused-ring (bicyclic) bond motifs is 1. The third-order valence-corrected chi connectivity index (χ3v) is 5.26. The van der Waals surface area contributed by atoms with E-state index in [4.69, 9.17) is 4.42 Å². The topological polar surface area (TPSA) is 13.1 Å². The number of halogens is 1. The van der Waals surface area contributed by atoms with E-state index in [1.165, 1.54) is 30.4 Å². The van der Waals surface area contributed by atoms with Crippen LogP contribution in [0.2, 0.25) is 0 Å². The molecule has 0 aliphatic heterocycles. The smallest absolute Gasteiger partial charge is 0.134 e. The van der Waals surface area contributed by atoms with E-state index in [2.05, 4.69) is 39.0 Å². The molecule has 3 aromatic rings. The van der Waals surface area contributed by atoms with Crippen molar-refractivity contribution in [2.45, 2.75) is 66.2 Å². The van der Waals surface area contributed by atoms with Gasteiger partial charge in [0.1, 0.15) is 11.4 Å². The second kappa shape index (κ2) is 9.73. The molecule has 1 nitrogen and oxygen atoms in total. The highest BCUT2D eigenvalue weighted by molar-refractivity contribution is 5.78. The van der Waals surface area contributed by atoms with Crippen molar-refractivity contribution in [1.29, 1.82) is 0 Å². The van der Waals surface area contributed by atoms with Crippen LogP contribution in [0.3, 0.4) is 0 Å². The average Bonchev–Trinajstić information content (AvgIpc) is 3.14. The lowest BCUT2D eigenvalue weighted by molar-refractivity contribution is 0.544. The van der Waals surface area contributed by atoms with Crippen LogP contribution in [0, 0.1) is 11.2 Å². The van der Waals surface area contributed by atoms with Crippen LogP contribution in [-0.4, -0.2) is 0 Å². The van der Waals surface area contributed by atoms with Gasteiger partial charge >= 0.3 is 0 Å². The molecular weight excluding hydrogens is 335 g/mol. The Hall–Kier alpha value is -2.09. The van der Waals surface area contributed by atoms with Crippen molar-refractivity contribution in [2.24, 2.45) is 5.41 Å². The molecule has 0 amide bonds. The normalized spacial score (nSPS) is 20.3. The Bertz CT molecular complexity index is 816. The third-order valence-electron chi connectivity index (χ3n) is 5.26. The van der Waals surface area contributed by atoms with Crippen molar-refractivity contribution >= 4 is 11.0 Å². The summed E-state index contributed by atoms with van der Waals surface area (Å²) in [6.45, 7) is 10.7. The quantitative estimate of drug-likeness (QED) is 0.453. The van der Waals surface area contributed by atoms with Gasteiger partial charge < -0.3 is 4.42 Å². The van der Waals surface area contributed by atoms with Crippen LogP contribution in [0.1, 0.15) is 70.9 Å². The van der Waals surface area contributed by atoms with Crippen LogP contribution in [0.25, 0.3) is 11.0 Å². The van der Waals surface area contributed by atoms with Crippen LogP contribution in [0.5, 0.6) is 0 Å². The van der Waals surface area contributed by atoms with E-state index in [0.29, 0.717) is 5.92 Å². The lowest BCUT2D eigenvalue weighted by Gasteiger charge is -2.11. The lowest BCUT2D eigenvalue weighted by Crippen LogP contribution is -2.02. The first-order valence-electron chi connectivity index (χ1n) is 10.3. The molecule has 2 atom stereocenters. The summed E-state index contributed by atoms with van der Waals surface area (Å²) in [5, 5.41) is 1.15. The molecule has 0 N–H and O–H groups in total. The van der Waals surface area contributed by atoms with Gasteiger partial charge in [-0.05, 0) is 59.6 Å². The SMILES string of the molecule is CC.CC1(Cc2ccc(F)cc2)CC1c1ccc2ccoc2c1.CCCC. The molecule has 0 spiro atoms. The number of hydrogen-bond acceptors (Lipinski definition) is 1. The zero-order valence-electron chi connectivity index (χ0n) is 17.4. The number of unbranched alkanes of at least 4 members (excludes halogenated alkanes) is 1. The molecule has 0 bridgehead atoms. The molecule has 1 fully saturated rings. The summed E-state index contributed by atoms with van der Waals surface area (Å²) in [5.74, 6) is 0.400. The van der Waals surface area contributed by atoms with Crippen molar-refractivity contribution in [3.05, 3.63) is 71.7 Å². The Balaban J connectivity index is 0.000000389. The van der Waals surface area contributed by atoms with Gasteiger partial charge in [0.15, 0.2) is 0 Å². The van der Waals surface area contributed by atoms with E-state index in [9.17, 15) is 4.39 Å². The standard InChI is InChI=1S/C19H17FO.C4H10.C2H6/c1-19(11-13-2-6-16(20)7-3-13)12-17(19)15-5-4-14-8-9-21-18(14)10-15;1-3-4-2;1-2/h2-10,17H,11-12H2,1H3;3-4H2,1-2H3;1-2H3. The van der Waals surface area contributed by atoms with Crippen molar-refractivity contribution in [2.75, 3.05) is 0 Å². The maximum absolute atomic E-state index is 13.0. The van der Waals surface area contributed by atoms with Gasteiger partial charge in [-0.3, -0.25) is 0 Å². The minimum absolute atomic E-state index is 0.167. The van der Waals surface area contributed by atoms with Gasteiger partial charge in [-0.25, -0.2) is 4.39 Å². The highest BCUT2D eigenvalue weighted by Gasteiger charge is 2.50. The summed E-state index contributed by atoms with van der Waals surface area (Å²) in [4.78, 5) is 0. The van der Waals surface area contributed by atoms with Crippen molar-refractivity contribution < 1.29 is 8.81 Å². The summed E-state index contributed by atoms with van der Waals surface area (Å²) >= 11 is 0. The van der Waals surface area contributed by atoms with Gasteiger partial charge in [-0.2, -0.15) is 0 Å². The molecule has 1 heterocycles. The number of hydrogen-bond donors (Lipinski definition) is 0. The molecular formula is C25H33FO. The second-order valence-corrected chi connectivity index (χ2v) is 7.43. The van der Waals surface area contributed by atoms with Crippen LogP contribution in [-0.2, 0) is 6.42 Å². The molecule has 0 saturated heterocycles. The third kappa shape index (κ3) is 5.45. The Morgan fingerprint density at radius 3 is 2.30 bits per heavy atom. The summed E-state index contributed by atoms with van der Waals surface area (Å²) in [5.41, 5.74) is 3.80. The van der Waals surface area contributed by atoms with E-state index < -0.39 is 0 Å². The highest BCUT2D eigenvalue weighted by atomic mass is 19.1. The molecule has 1 saturated carbocycles. The Kier molecular flexibility index (Phi) is 7.65. The minimum atomic E-state index is -0.167. The van der Waals surface area contributed by atoms with Crippen LogP contribution in [0.15, 0.2) is 59.2 Å². The monoisotopic (exact) mass is 368 g/mol. The average molecular weight is 369 g/mol. The van der Waals surface area contributed by atoms with Gasteiger partial charge in [0.25, 0.3) is 0 Å². The first kappa shape index (κ1) is 21.2. The van der Waals surface area contributed by atoms with E-state index in [1.54, 1.807) is 18.4 Å². The molecule has 0 radical (unpaired) electrons. The zero-order chi connectivity index (χ0) is 19.9. The molecule has 1 aliphatic carbocycles. The van der Waals surface area contributed by atoms with Gasteiger partial charge in [0, 0.05) is 5.39 Å². The molecule has 2 unspecified atom stereocenters. The largest absolute Gasteiger partial charge is 0.464 e. The zero-order valence-corrected chi connectivity index (χ0v) is 17.4. The number of benzene rings is 2. The maximum Gasteiger partial charge on any atom is 0.134 e. The molecule has 1 aromatic heterocycles. The minimum Gasteiger partial charge on any atom is -0.464 e. The van der Waals surface area contributed by atoms with E-state index >= 15 is 0 Å². The fourth-order valence-corrected chi connectivity index (χ4v) is 3.38. The Morgan fingerprint density at radius 1 is 1.00 bits per heavy atom. The molecule has 27 heavy (non-hydrogen) atoms. The predicted molar refractivity (Wildman–Crippen MR) is 114 cm³/mol. The first-order chi connectivity index (χ1) is 13.1. The van der Waals surface area contributed by atoms with Crippen LogP contribution >= 0.6 is 0 Å². The van der Waals surface area contributed by atoms with Gasteiger partial charge in [0.2, 0.25) is 0 Å². The van der Waals surface area contributed by atoms with E-state index in [-0.39, 0.29) is 11.2 Å². The number of furan rings is 1. The van der Waals surface area contributed by atoms with E-state index in [1.807, 2.05) is 32.0 Å². The molecule has 146 valence electrons.